The molecule has 7 rings (SSSR count). The third kappa shape index (κ3) is 7.10. The van der Waals surface area contributed by atoms with Gasteiger partial charge < -0.3 is 29.1 Å². The van der Waals surface area contributed by atoms with E-state index in [4.69, 9.17) is 37.4 Å². The number of rotatable bonds is 11. The van der Waals surface area contributed by atoms with E-state index in [9.17, 15) is 9.90 Å². The lowest BCUT2D eigenvalue weighted by Gasteiger charge is -2.37. The second-order valence-electron chi connectivity index (χ2n) is 12.5. The van der Waals surface area contributed by atoms with E-state index in [2.05, 4.69) is 37.1 Å². The number of halogens is 2. The largest absolute Gasteiger partial charge is 0.491 e. The SMILES string of the molecule is C[C@@H](O)[C@H](C)n1ncn(-c2ccc(N3CCN(c4ccc(OCC5CO[C@](Cn6cncn6)(c6ccc(Cl)cc6Cl)O5)cc4)CC3)cc2)c1=O. The molecule has 3 aromatic carbocycles. The number of aromatic nitrogens is 6. The molecule has 1 N–H and O–H groups in total. The lowest BCUT2D eigenvalue weighted by molar-refractivity contribution is -0.190. The van der Waals surface area contributed by atoms with Crippen molar-refractivity contribution in [2.24, 2.45) is 0 Å². The summed E-state index contributed by atoms with van der Waals surface area (Å²) < 4.78 is 23.3. The smallest absolute Gasteiger partial charge is 0.350 e. The van der Waals surface area contributed by atoms with Gasteiger partial charge in [-0.25, -0.2) is 23.7 Å². The lowest BCUT2D eigenvalue weighted by Crippen LogP contribution is -2.46. The van der Waals surface area contributed by atoms with Crippen LogP contribution in [0.5, 0.6) is 5.75 Å². The van der Waals surface area contributed by atoms with E-state index in [1.54, 1.807) is 37.0 Å². The molecule has 1 unspecified atom stereocenters. The van der Waals surface area contributed by atoms with E-state index in [1.165, 1.54) is 21.9 Å². The molecule has 2 aliphatic rings. The summed E-state index contributed by atoms with van der Waals surface area (Å²) in [6.45, 7) is 7.71. The van der Waals surface area contributed by atoms with Crippen molar-refractivity contribution in [2.45, 2.75) is 44.4 Å². The third-order valence-corrected chi connectivity index (χ3v) is 9.77. The van der Waals surface area contributed by atoms with Gasteiger partial charge in [0.15, 0.2) is 0 Å². The molecule has 0 aliphatic carbocycles. The Kier molecular flexibility index (Phi) is 9.84. The maximum absolute atomic E-state index is 12.8. The van der Waals surface area contributed by atoms with Gasteiger partial charge in [-0.05, 0) is 74.5 Å². The molecule has 2 fully saturated rings. The first-order chi connectivity index (χ1) is 24.2. The minimum atomic E-state index is -1.17. The average molecular weight is 722 g/mol. The van der Waals surface area contributed by atoms with Crippen LogP contribution in [0.1, 0.15) is 25.5 Å². The van der Waals surface area contributed by atoms with Gasteiger partial charge in [0.05, 0.1) is 29.5 Å². The van der Waals surface area contributed by atoms with Crippen molar-refractivity contribution in [3.8, 4) is 11.4 Å². The Morgan fingerprint density at radius 1 is 0.920 bits per heavy atom. The van der Waals surface area contributed by atoms with E-state index < -0.39 is 17.9 Å². The summed E-state index contributed by atoms with van der Waals surface area (Å²) in [5.74, 6) is -0.432. The van der Waals surface area contributed by atoms with Gasteiger partial charge in [0.2, 0.25) is 5.79 Å². The molecule has 0 amide bonds. The molecule has 262 valence electrons. The number of hydrogen-bond donors (Lipinski definition) is 1. The summed E-state index contributed by atoms with van der Waals surface area (Å²) in [5, 5.41) is 19.2. The van der Waals surface area contributed by atoms with Crippen molar-refractivity contribution in [2.75, 3.05) is 49.2 Å². The molecule has 0 radical (unpaired) electrons. The zero-order valence-corrected chi connectivity index (χ0v) is 29.2. The second-order valence-corrected chi connectivity index (χ2v) is 13.4. The molecular formula is C35H38Cl2N8O5. The van der Waals surface area contributed by atoms with Crippen LogP contribution < -0.4 is 20.2 Å². The van der Waals surface area contributed by atoms with Crippen LogP contribution in [-0.4, -0.2) is 85.8 Å². The highest BCUT2D eigenvalue weighted by Crippen LogP contribution is 2.40. The number of aliphatic hydroxyl groups is 1. The highest BCUT2D eigenvalue weighted by atomic mass is 35.5. The maximum Gasteiger partial charge on any atom is 0.350 e. The van der Waals surface area contributed by atoms with Crippen molar-refractivity contribution < 1.29 is 19.3 Å². The minimum Gasteiger partial charge on any atom is -0.491 e. The topological polar surface area (TPSA) is 125 Å². The van der Waals surface area contributed by atoms with Gasteiger partial charge in [0.1, 0.15) is 44.0 Å². The van der Waals surface area contributed by atoms with Gasteiger partial charge in [-0.3, -0.25) is 0 Å². The molecule has 15 heteroatoms. The number of anilines is 2. The Labute approximate surface area is 299 Å². The average Bonchev–Trinajstić information content (AvgIpc) is 3.88. The molecule has 0 saturated carbocycles. The number of nitrogens with zero attached hydrogens (tertiary/aromatic N) is 8. The Bertz CT molecular complexity index is 1940. The Balaban J connectivity index is 0.924. The molecule has 0 bridgehead atoms. The monoisotopic (exact) mass is 720 g/mol. The van der Waals surface area contributed by atoms with Crippen LogP contribution in [0.25, 0.3) is 5.69 Å². The lowest BCUT2D eigenvalue weighted by atomic mass is 10.1. The Morgan fingerprint density at radius 3 is 2.20 bits per heavy atom. The molecule has 13 nitrogen and oxygen atoms in total. The van der Waals surface area contributed by atoms with Crippen LogP contribution in [0.3, 0.4) is 0 Å². The maximum atomic E-state index is 12.8. The van der Waals surface area contributed by atoms with Crippen LogP contribution in [0, 0.1) is 0 Å². The van der Waals surface area contributed by atoms with Gasteiger partial charge in [0, 0.05) is 48.1 Å². The molecule has 50 heavy (non-hydrogen) atoms. The summed E-state index contributed by atoms with van der Waals surface area (Å²) in [6.07, 6.45) is 3.53. The number of piperazine rings is 1. The number of hydrogen-bond acceptors (Lipinski definition) is 10. The zero-order chi connectivity index (χ0) is 34.8. The molecular weight excluding hydrogens is 683 g/mol. The predicted molar refractivity (Wildman–Crippen MR) is 190 cm³/mol. The van der Waals surface area contributed by atoms with Crippen molar-refractivity contribution in [3.05, 3.63) is 112 Å². The quantitative estimate of drug-likeness (QED) is 0.208. The van der Waals surface area contributed by atoms with Gasteiger partial charge in [-0.1, -0.05) is 29.3 Å². The van der Waals surface area contributed by atoms with Crippen LogP contribution in [-0.2, 0) is 21.8 Å². The van der Waals surface area contributed by atoms with Gasteiger partial charge in [0.25, 0.3) is 0 Å². The van der Waals surface area contributed by atoms with Gasteiger partial charge >= 0.3 is 5.69 Å². The van der Waals surface area contributed by atoms with Crippen LogP contribution >= 0.6 is 23.2 Å². The summed E-state index contributed by atoms with van der Waals surface area (Å²) in [7, 11) is 0. The molecule has 4 atom stereocenters. The summed E-state index contributed by atoms with van der Waals surface area (Å²) in [4.78, 5) is 21.6. The first kappa shape index (κ1) is 34.1. The Morgan fingerprint density at radius 2 is 1.58 bits per heavy atom. The van der Waals surface area contributed by atoms with Crippen molar-refractivity contribution in [3.63, 3.8) is 0 Å². The molecule has 2 aliphatic heterocycles. The first-order valence-corrected chi connectivity index (χ1v) is 17.2. The number of benzene rings is 3. The minimum absolute atomic E-state index is 0.261. The van der Waals surface area contributed by atoms with Crippen LogP contribution in [0.15, 0.2) is 90.5 Å². The number of ether oxygens (including phenoxy) is 3. The van der Waals surface area contributed by atoms with E-state index in [-0.39, 0.29) is 18.3 Å². The molecule has 4 heterocycles. The highest BCUT2D eigenvalue weighted by Gasteiger charge is 2.45. The molecule has 2 saturated heterocycles. The predicted octanol–water partition coefficient (Wildman–Crippen LogP) is 4.55. The molecule has 5 aromatic rings. The first-order valence-electron chi connectivity index (χ1n) is 16.5. The zero-order valence-electron chi connectivity index (χ0n) is 27.7. The Hall–Kier alpha value is -4.40. The van der Waals surface area contributed by atoms with Crippen LogP contribution in [0.4, 0.5) is 11.4 Å². The highest BCUT2D eigenvalue weighted by molar-refractivity contribution is 6.35. The van der Waals surface area contributed by atoms with E-state index in [1.807, 2.05) is 42.5 Å². The molecule has 0 spiro atoms. The third-order valence-electron chi connectivity index (χ3n) is 9.23. The number of aliphatic hydroxyl groups excluding tert-OH is 1. The van der Waals surface area contributed by atoms with Gasteiger partial charge in [-0.15, -0.1) is 0 Å². The fraction of sp³-hybridized carbons (Fsp3) is 0.371. The second kappa shape index (κ2) is 14.4. The van der Waals surface area contributed by atoms with E-state index >= 15 is 0 Å². The van der Waals surface area contributed by atoms with E-state index in [0.717, 1.165) is 49.0 Å². The van der Waals surface area contributed by atoms with Crippen molar-refractivity contribution >= 4 is 34.6 Å². The summed E-state index contributed by atoms with van der Waals surface area (Å²) >= 11 is 12.7. The standard InChI is InChI=1S/C35H38Cl2N8O5/c1-24(25(2)46)45-34(47)44(23-40-45)29-6-4-27(5-7-29)41-13-15-42(16-14-41)28-8-10-30(11-9-28)48-18-31-19-49-35(50-31,20-43-22-38-21-39-43)32-12-3-26(36)17-33(32)37/h3-12,17,21-25,31,46H,13-16,18-20H2,1-2H3/t24-,25+,31?,35-/m0/s1. The summed E-state index contributed by atoms with van der Waals surface area (Å²) in [6, 6.07) is 20.8. The van der Waals surface area contributed by atoms with Crippen LogP contribution in [0.2, 0.25) is 10.0 Å². The van der Waals surface area contributed by atoms with Gasteiger partial charge in [-0.2, -0.15) is 10.2 Å². The van der Waals surface area contributed by atoms with Crippen molar-refractivity contribution in [1.29, 1.82) is 0 Å². The fourth-order valence-corrected chi connectivity index (χ4v) is 6.80. The van der Waals surface area contributed by atoms with Crippen molar-refractivity contribution in [1.82, 2.24) is 29.1 Å². The normalized spacial score (nSPS) is 20.6. The fourth-order valence-electron chi connectivity index (χ4n) is 6.25. The summed E-state index contributed by atoms with van der Waals surface area (Å²) in [5.41, 5.74) is 3.33. The van der Waals surface area contributed by atoms with E-state index in [0.29, 0.717) is 28.8 Å². The molecule has 2 aromatic heterocycles.